The Bertz CT molecular complexity index is 523. The van der Waals surface area contributed by atoms with Gasteiger partial charge < -0.3 is 16.5 Å². The van der Waals surface area contributed by atoms with E-state index in [9.17, 15) is 10.1 Å². The van der Waals surface area contributed by atoms with Crippen molar-refractivity contribution >= 4 is 17.1 Å². The second kappa shape index (κ2) is 5.15. The average molecular weight is 250 g/mol. The zero-order valence-electron chi connectivity index (χ0n) is 9.75. The zero-order chi connectivity index (χ0) is 13.9. The summed E-state index contributed by atoms with van der Waals surface area (Å²) in [5.41, 5.74) is 11.5. The van der Waals surface area contributed by atoms with Crippen molar-refractivity contribution in [2.45, 2.75) is 0 Å². The quantitative estimate of drug-likeness (QED) is 0.196. The molecule has 0 aliphatic carbocycles. The Morgan fingerprint density at radius 3 is 2.67 bits per heavy atom. The Labute approximate surface area is 103 Å². The molecule has 0 atom stereocenters. The first-order valence-corrected chi connectivity index (χ1v) is 4.91. The summed E-state index contributed by atoms with van der Waals surface area (Å²) in [5.74, 6) is 5.37. The molecule has 8 nitrogen and oxygen atoms in total. The maximum atomic E-state index is 10.7. The number of nitrogens with two attached hydrogens (primary N) is 3. The number of hydrogen-bond donors (Lipinski definition) is 4. The van der Waals surface area contributed by atoms with Crippen LogP contribution in [0.1, 0.15) is 5.56 Å². The van der Waals surface area contributed by atoms with Crippen LogP contribution in [0.2, 0.25) is 0 Å². The molecule has 0 fully saturated rings. The third-order valence-corrected chi connectivity index (χ3v) is 2.15. The van der Waals surface area contributed by atoms with Crippen LogP contribution in [0.3, 0.4) is 0 Å². The lowest BCUT2D eigenvalue weighted by atomic mass is 10.1. The van der Waals surface area contributed by atoms with E-state index in [2.05, 4.69) is 0 Å². The van der Waals surface area contributed by atoms with Gasteiger partial charge >= 0.3 is 0 Å². The van der Waals surface area contributed by atoms with Crippen molar-refractivity contribution in [3.63, 3.8) is 0 Å². The standard InChI is InChI=1S/C10H14N6O2/c1-15(14)5-9(12)10(13)7-4-6(16(17)18)2-3-8(7)11/h2-5,13H,11-12,14H2,1H3/b9-5-,13-10?. The van der Waals surface area contributed by atoms with Gasteiger partial charge in [0.05, 0.1) is 16.3 Å². The molecule has 1 aromatic carbocycles. The van der Waals surface area contributed by atoms with E-state index in [0.717, 1.165) is 0 Å². The van der Waals surface area contributed by atoms with Gasteiger partial charge in [-0.05, 0) is 6.07 Å². The van der Waals surface area contributed by atoms with Crippen LogP contribution in [0.4, 0.5) is 11.4 Å². The molecule has 7 N–H and O–H groups in total. The highest BCUT2D eigenvalue weighted by atomic mass is 16.6. The van der Waals surface area contributed by atoms with Gasteiger partial charge in [-0.2, -0.15) is 0 Å². The van der Waals surface area contributed by atoms with Crippen molar-refractivity contribution in [1.29, 1.82) is 5.41 Å². The molecule has 0 aromatic heterocycles. The maximum Gasteiger partial charge on any atom is 0.270 e. The Balaban J connectivity index is 3.20. The van der Waals surface area contributed by atoms with Crippen molar-refractivity contribution in [1.82, 2.24) is 5.01 Å². The lowest BCUT2D eigenvalue weighted by molar-refractivity contribution is -0.384. The first-order chi connectivity index (χ1) is 8.32. The molecule has 0 aliphatic heterocycles. The van der Waals surface area contributed by atoms with Crippen molar-refractivity contribution in [3.8, 4) is 0 Å². The molecule has 96 valence electrons. The summed E-state index contributed by atoms with van der Waals surface area (Å²) in [6.07, 6.45) is 1.32. The minimum Gasteiger partial charge on any atom is -0.398 e. The minimum atomic E-state index is -0.564. The lowest BCUT2D eigenvalue weighted by Crippen LogP contribution is -2.24. The molecule has 0 bridgehead atoms. The third-order valence-electron chi connectivity index (χ3n) is 2.15. The van der Waals surface area contributed by atoms with Gasteiger partial charge in [-0.3, -0.25) is 15.5 Å². The summed E-state index contributed by atoms with van der Waals surface area (Å²) in [6, 6.07) is 3.83. The van der Waals surface area contributed by atoms with Gasteiger partial charge in [-0.1, -0.05) is 0 Å². The lowest BCUT2D eigenvalue weighted by Gasteiger charge is -2.10. The van der Waals surface area contributed by atoms with Crippen molar-refractivity contribution in [3.05, 3.63) is 45.8 Å². The molecule has 0 heterocycles. The van der Waals surface area contributed by atoms with E-state index < -0.39 is 4.92 Å². The summed E-state index contributed by atoms with van der Waals surface area (Å²) in [4.78, 5) is 10.1. The first kappa shape index (κ1) is 13.5. The monoisotopic (exact) mass is 250 g/mol. The van der Waals surface area contributed by atoms with E-state index in [0.29, 0.717) is 0 Å². The highest BCUT2D eigenvalue weighted by Crippen LogP contribution is 2.21. The van der Waals surface area contributed by atoms with E-state index in [-0.39, 0.29) is 28.3 Å². The van der Waals surface area contributed by atoms with Gasteiger partial charge in [-0.25, -0.2) is 5.84 Å². The van der Waals surface area contributed by atoms with E-state index in [1.807, 2.05) is 0 Å². The number of hydrogen-bond acceptors (Lipinski definition) is 7. The number of benzene rings is 1. The Morgan fingerprint density at radius 2 is 2.17 bits per heavy atom. The van der Waals surface area contributed by atoms with E-state index in [4.69, 9.17) is 22.7 Å². The molecule has 18 heavy (non-hydrogen) atoms. The van der Waals surface area contributed by atoms with Gasteiger partial charge in [0.1, 0.15) is 0 Å². The summed E-state index contributed by atoms with van der Waals surface area (Å²) >= 11 is 0. The predicted octanol–water partition coefficient (Wildman–Crippen LogP) is 0.150. The second-order valence-electron chi connectivity index (χ2n) is 3.65. The summed E-state index contributed by atoms with van der Waals surface area (Å²) < 4.78 is 0. The summed E-state index contributed by atoms with van der Waals surface area (Å²) in [6.45, 7) is 0. The second-order valence-corrected chi connectivity index (χ2v) is 3.65. The molecule has 1 rings (SSSR count). The molecular weight excluding hydrogens is 236 g/mol. The van der Waals surface area contributed by atoms with Crippen LogP contribution in [0.5, 0.6) is 0 Å². The van der Waals surface area contributed by atoms with Crippen LogP contribution in [0.25, 0.3) is 0 Å². The zero-order valence-corrected chi connectivity index (χ0v) is 9.75. The summed E-state index contributed by atoms with van der Waals surface area (Å²) in [5, 5.41) is 19.7. The first-order valence-electron chi connectivity index (χ1n) is 4.91. The molecule has 0 aliphatic rings. The van der Waals surface area contributed by atoms with Crippen LogP contribution in [0, 0.1) is 15.5 Å². The third kappa shape index (κ3) is 2.95. The van der Waals surface area contributed by atoms with Crippen LogP contribution < -0.4 is 17.3 Å². The highest BCUT2D eigenvalue weighted by Gasteiger charge is 2.14. The fourth-order valence-corrected chi connectivity index (χ4v) is 1.31. The number of nitrogens with zero attached hydrogens (tertiary/aromatic N) is 2. The van der Waals surface area contributed by atoms with E-state index in [1.165, 1.54) is 36.5 Å². The topological polar surface area (TPSA) is 148 Å². The van der Waals surface area contributed by atoms with Gasteiger partial charge in [0.15, 0.2) is 0 Å². The Kier molecular flexibility index (Phi) is 3.85. The van der Waals surface area contributed by atoms with Gasteiger partial charge in [0.25, 0.3) is 5.69 Å². The largest absolute Gasteiger partial charge is 0.398 e. The fraction of sp³-hybridized carbons (Fsp3) is 0.100. The SMILES string of the molecule is CN(N)/C=C(\N)C(=N)c1cc([N+](=O)[O-])ccc1N. The molecule has 0 amide bonds. The van der Waals surface area contributed by atoms with Crippen molar-refractivity contribution in [2.24, 2.45) is 11.6 Å². The number of allylic oxidation sites excluding steroid dienone is 1. The minimum absolute atomic E-state index is 0.0622. The van der Waals surface area contributed by atoms with Crippen LogP contribution >= 0.6 is 0 Å². The average Bonchev–Trinajstić information content (AvgIpc) is 2.27. The number of nitro benzene ring substituents is 1. The number of anilines is 1. The Hall–Kier alpha value is -2.61. The van der Waals surface area contributed by atoms with Crippen LogP contribution in [-0.4, -0.2) is 22.7 Å². The van der Waals surface area contributed by atoms with Crippen molar-refractivity contribution in [2.75, 3.05) is 12.8 Å². The fourth-order valence-electron chi connectivity index (χ4n) is 1.31. The molecule has 8 heteroatoms. The van der Waals surface area contributed by atoms with Crippen LogP contribution in [0.15, 0.2) is 30.1 Å². The highest BCUT2D eigenvalue weighted by molar-refractivity contribution is 6.13. The molecule has 0 radical (unpaired) electrons. The smallest absolute Gasteiger partial charge is 0.270 e. The number of non-ortho nitro benzene ring substituents is 1. The maximum absolute atomic E-state index is 10.7. The molecular formula is C10H14N6O2. The number of nitro groups is 1. The molecule has 0 saturated heterocycles. The Morgan fingerprint density at radius 1 is 1.56 bits per heavy atom. The molecule has 0 unspecified atom stereocenters. The van der Waals surface area contributed by atoms with Gasteiger partial charge in [-0.15, -0.1) is 0 Å². The number of nitrogen functional groups attached to an aromatic ring is 1. The predicted molar refractivity (Wildman–Crippen MR) is 68.6 cm³/mol. The number of nitrogens with one attached hydrogen (secondary N) is 1. The molecule has 1 aromatic rings. The van der Waals surface area contributed by atoms with Gasteiger partial charge in [0, 0.05) is 36.6 Å². The van der Waals surface area contributed by atoms with Crippen LogP contribution in [-0.2, 0) is 0 Å². The van der Waals surface area contributed by atoms with E-state index in [1.54, 1.807) is 0 Å². The molecule has 0 spiro atoms. The van der Waals surface area contributed by atoms with E-state index >= 15 is 0 Å². The van der Waals surface area contributed by atoms with Gasteiger partial charge in [0.2, 0.25) is 0 Å². The van der Waals surface area contributed by atoms with Crippen molar-refractivity contribution < 1.29 is 4.92 Å². The number of hydrazine groups is 1. The molecule has 0 saturated carbocycles. The summed E-state index contributed by atoms with van der Waals surface area (Å²) in [7, 11) is 1.54. The normalized spacial score (nSPS) is 11.1. The number of rotatable bonds is 4.